The summed E-state index contributed by atoms with van der Waals surface area (Å²) in [4.78, 5) is 0. The van der Waals surface area contributed by atoms with Gasteiger partial charge in [0.25, 0.3) is 0 Å². The lowest BCUT2D eigenvalue weighted by atomic mass is 9.98. The van der Waals surface area contributed by atoms with Crippen molar-refractivity contribution in [2.24, 2.45) is 5.73 Å². The van der Waals surface area contributed by atoms with E-state index in [2.05, 4.69) is 41.9 Å². The Labute approximate surface area is 99.9 Å². The number of rotatable bonds is 3. The van der Waals surface area contributed by atoms with Crippen LogP contribution in [0, 0.1) is 0 Å². The van der Waals surface area contributed by atoms with Crippen LogP contribution in [0.25, 0.3) is 0 Å². The fourth-order valence-corrected chi connectivity index (χ4v) is 2.21. The molecule has 1 aromatic carbocycles. The lowest BCUT2D eigenvalue weighted by molar-refractivity contribution is 0.410. The average Bonchev–Trinajstić information content (AvgIpc) is 2.17. The molecule has 1 aromatic rings. The molecular formula is C12H18BrNO. The summed E-state index contributed by atoms with van der Waals surface area (Å²) in [7, 11) is 1.68. The molecule has 0 aliphatic rings. The molecule has 2 nitrogen and oxygen atoms in total. The summed E-state index contributed by atoms with van der Waals surface area (Å²) >= 11 is 3.52. The second kappa shape index (κ2) is 4.99. The lowest BCUT2D eigenvalue weighted by Crippen LogP contribution is -2.07. The minimum atomic E-state index is 0.00646. The molecule has 0 aliphatic heterocycles. The molecule has 15 heavy (non-hydrogen) atoms. The maximum Gasteiger partial charge on any atom is 0.133 e. The Morgan fingerprint density at radius 3 is 2.27 bits per heavy atom. The van der Waals surface area contributed by atoms with Gasteiger partial charge in [0.1, 0.15) is 5.75 Å². The minimum absolute atomic E-state index is 0.00646. The van der Waals surface area contributed by atoms with Crippen molar-refractivity contribution in [1.29, 1.82) is 0 Å². The zero-order valence-corrected chi connectivity index (χ0v) is 11.3. The second-order valence-corrected chi connectivity index (χ2v) is 4.86. The van der Waals surface area contributed by atoms with Gasteiger partial charge in [-0.05, 0) is 46.0 Å². The molecule has 3 heteroatoms. The van der Waals surface area contributed by atoms with E-state index >= 15 is 0 Å². The van der Waals surface area contributed by atoms with Crippen molar-refractivity contribution in [2.45, 2.75) is 32.7 Å². The molecule has 84 valence electrons. The summed E-state index contributed by atoms with van der Waals surface area (Å²) < 4.78 is 6.29. The third-order valence-electron chi connectivity index (χ3n) is 2.47. The monoisotopic (exact) mass is 271 g/mol. The number of benzene rings is 1. The van der Waals surface area contributed by atoms with Gasteiger partial charge in [0.15, 0.2) is 0 Å². The van der Waals surface area contributed by atoms with Gasteiger partial charge in [-0.1, -0.05) is 19.9 Å². The van der Waals surface area contributed by atoms with Gasteiger partial charge in [-0.2, -0.15) is 0 Å². The van der Waals surface area contributed by atoms with Crippen molar-refractivity contribution in [1.82, 2.24) is 0 Å². The van der Waals surface area contributed by atoms with Crippen LogP contribution in [0.1, 0.15) is 43.9 Å². The molecule has 1 rings (SSSR count). The average molecular weight is 272 g/mol. The molecule has 0 heterocycles. The third kappa shape index (κ3) is 2.73. The van der Waals surface area contributed by atoms with Crippen molar-refractivity contribution in [3.63, 3.8) is 0 Å². The molecule has 0 spiro atoms. The molecule has 0 aliphatic carbocycles. The van der Waals surface area contributed by atoms with E-state index in [-0.39, 0.29) is 6.04 Å². The maximum atomic E-state index is 5.92. The van der Waals surface area contributed by atoms with Crippen LogP contribution in [0.2, 0.25) is 0 Å². The van der Waals surface area contributed by atoms with Gasteiger partial charge in [0.05, 0.1) is 11.6 Å². The van der Waals surface area contributed by atoms with Gasteiger partial charge in [-0.15, -0.1) is 0 Å². The Bertz CT molecular complexity index is 348. The predicted molar refractivity (Wildman–Crippen MR) is 67.4 cm³/mol. The van der Waals surface area contributed by atoms with Crippen molar-refractivity contribution >= 4 is 15.9 Å². The molecular weight excluding hydrogens is 254 g/mol. The number of hydrogen-bond donors (Lipinski definition) is 1. The molecule has 0 saturated heterocycles. The van der Waals surface area contributed by atoms with Gasteiger partial charge in [0, 0.05) is 6.04 Å². The van der Waals surface area contributed by atoms with Gasteiger partial charge < -0.3 is 10.5 Å². The Hall–Kier alpha value is -0.540. The molecule has 0 amide bonds. The molecule has 0 fully saturated rings. The Morgan fingerprint density at radius 2 is 1.87 bits per heavy atom. The maximum absolute atomic E-state index is 5.92. The number of ether oxygens (including phenoxy) is 1. The van der Waals surface area contributed by atoms with Crippen LogP contribution in [0.5, 0.6) is 5.75 Å². The fraction of sp³-hybridized carbons (Fsp3) is 0.500. The zero-order valence-electron chi connectivity index (χ0n) is 9.67. The third-order valence-corrected chi connectivity index (χ3v) is 3.32. The SMILES string of the molecule is COc1cc(C(C)C)cc(C(C)N)c1Br. The lowest BCUT2D eigenvalue weighted by Gasteiger charge is -2.16. The first-order chi connectivity index (χ1) is 6.97. The van der Waals surface area contributed by atoms with Crippen molar-refractivity contribution < 1.29 is 4.74 Å². The smallest absolute Gasteiger partial charge is 0.133 e. The fourth-order valence-electron chi connectivity index (χ4n) is 1.45. The Kier molecular flexibility index (Phi) is 4.17. The van der Waals surface area contributed by atoms with Crippen LogP contribution in [0.4, 0.5) is 0 Å². The van der Waals surface area contributed by atoms with Crippen molar-refractivity contribution in [3.8, 4) is 5.75 Å². The van der Waals surface area contributed by atoms with E-state index in [1.54, 1.807) is 7.11 Å². The van der Waals surface area contributed by atoms with E-state index < -0.39 is 0 Å². The van der Waals surface area contributed by atoms with E-state index in [1.807, 2.05) is 6.92 Å². The summed E-state index contributed by atoms with van der Waals surface area (Å²) in [5, 5.41) is 0. The zero-order chi connectivity index (χ0) is 11.6. The van der Waals surface area contributed by atoms with E-state index in [4.69, 9.17) is 10.5 Å². The van der Waals surface area contributed by atoms with E-state index in [9.17, 15) is 0 Å². The molecule has 0 aromatic heterocycles. The molecule has 2 N–H and O–H groups in total. The summed E-state index contributed by atoms with van der Waals surface area (Å²) in [6.07, 6.45) is 0. The van der Waals surface area contributed by atoms with Gasteiger partial charge in [0.2, 0.25) is 0 Å². The van der Waals surface area contributed by atoms with Crippen LogP contribution >= 0.6 is 15.9 Å². The van der Waals surface area contributed by atoms with Crippen LogP contribution < -0.4 is 10.5 Å². The highest BCUT2D eigenvalue weighted by atomic mass is 79.9. The standard InChI is InChI=1S/C12H18BrNO/c1-7(2)9-5-10(8(3)14)12(13)11(6-9)15-4/h5-8H,14H2,1-4H3. The first kappa shape index (κ1) is 12.5. The van der Waals surface area contributed by atoms with Crippen LogP contribution in [-0.2, 0) is 0 Å². The first-order valence-electron chi connectivity index (χ1n) is 5.10. The quantitative estimate of drug-likeness (QED) is 0.912. The molecule has 1 atom stereocenters. The van der Waals surface area contributed by atoms with Crippen LogP contribution in [-0.4, -0.2) is 7.11 Å². The Balaban J connectivity index is 3.32. The minimum Gasteiger partial charge on any atom is -0.496 e. The Morgan fingerprint density at radius 1 is 1.27 bits per heavy atom. The number of hydrogen-bond acceptors (Lipinski definition) is 2. The highest BCUT2D eigenvalue weighted by Crippen LogP contribution is 2.35. The van der Waals surface area contributed by atoms with E-state index in [1.165, 1.54) is 5.56 Å². The summed E-state index contributed by atoms with van der Waals surface area (Å²) in [5.41, 5.74) is 8.27. The van der Waals surface area contributed by atoms with E-state index in [0.717, 1.165) is 15.8 Å². The molecule has 0 radical (unpaired) electrons. The highest BCUT2D eigenvalue weighted by molar-refractivity contribution is 9.10. The number of methoxy groups -OCH3 is 1. The largest absolute Gasteiger partial charge is 0.496 e. The molecule has 0 saturated carbocycles. The molecule has 0 bridgehead atoms. The van der Waals surface area contributed by atoms with Gasteiger partial charge >= 0.3 is 0 Å². The number of halogens is 1. The van der Waals surface area contributed by atoms with Crippen molar-refractivity contribution in [3.05, 3.63) is 27.7 Å². The highest BCUT2D eigenvalue weighted by Gasteiger charge is 2.13. The van der Waals surface area contributed by atoms with Crippen LogP contribution in [0.15, 0.2) is 16.6 Å². The second-order valence-electron chi connectivity index (χ2n) is 4.07. The topological polar surface area (TPSA) is 35.2 Å². The predicted octanol–water partition coefficient (Wildman–Crippen LogP) is 3.60. The first-order valence-corrected chi connectivity index (χ1v) is 5.89. The summed E-state index contributed by atoms with van der Waals surface area (Å²) in [5.74, 6) is 1.33. The van der Waals surface area contributed by atoms with Gasteiger partial charge in [-0.25, -0.2) is 0 Å². The van der Waals surface area contributed by atoms with Crippen molar-refractivity contribution in [2.75, 3.05) is 7.11 Å². The van der Waals surface area contributed by atoms with Gasteiger partial charge in [-0.3, -0.25) is 0 Å². The number of nitrogens with two attached hydrogens (primary N) is 1. The van der Waals surface area contributed by atoms with Crippen LogP contribution in [0.3, 0.4) is 0 Å². The summed E-state index contributed by atoms with van der Waals surface area (Å²) in [6.45, 7) is 6.30. The molecule has 1 unspecified atom stereocenters. The van der Waals surface area contributed by atoms with E-state index in [0.29, 0.717) is 5.92 Å². The normalized spacial score (nSPS) is 13.0. The summed E-state index contributed by atoms with van der Waals surface area (Å²) in [6, 6.07) is 4.20.